The largest absolute Gasteiger partial charge is 0.198 e. The van der Waals surface area contributed by atoms with E-state index >= 15 is 0 Å². The van der Waals surface area contributed by atoms with E-state index < -0.39 is 0 Å². The summed E-state index contributed by atoms with van der Waals surface area (Å²) < 4.78 is 0. The maximum absolute atomic E-state index is 9.56. The fourth-order valence-electron chi connectivity index (χ4n) is 2.35. The van der Waals surface area contributed by atoms with Gasteiger partial charge in [-0.3, -0.25) is 0 Å². The molecule has 0 rings (SSSR count). The molecule has 0 saturated carbocycles. The van der Waals surface area contributed by atoms with Crippen molar-refractivity contribution in [1.29, 1.82) is 5.26 Å². The number of hydrogen-bond acceptors (Lipinski definition) is 1. The van der Waals surface area contributed by atoms with E-state index in [0.29, 0.717) is 11.8 Å². The maximum atomic E-state index is 9.56. The van der Waals surface area contributed by atoms with Gasteiger partial charge in [0.05, 0.1) is 11.5 Å². The zero-order valence-corrected chi connectivity index (χ0v) is 11.5. The summed E-state index contributed by atoms with van der Waals surface area (Å²) in [6.45, 7) is 15.4. The molecule has 0 bridgehead atoms. The molecule has 0 saturated heterocycles. The van der Waals surface area contributed by atoms with Crippen LogP contribution in [0.1, 0.15) is 61.3 Å². The Balaban J connectivity index is 5.05. The minimum absolute atomic E-state index is 0.0658. The Morgan fingerprint density at radius 3 is 1.40 bits per heavy atom. The molecule has 88 valence electrons. The molecule has 0 spiro atoms. The zero-order chi connectivity index (χ0) is 12.3. The standard InChI is InChI=1S/C14H27N/c1-11(2)8-14(10-15,9-12(3)4)13(5,6)7/h11-12H,8-9H2,1-7H3. The van der Waals surface area contributed by atoms with Crippen molar-refractivity contribution >= 4 is 0 Å². The van der Waals surface area contributed by atoms with Crippen molar-refractivity contribution in [3.8, 4) is 6.07 Å². The second-order valence-corrected chi connectivity index (χ2v) is 6.64. The van der Waals surface area contributed by atoms with E-state index in [0.717, 1.165) is 12.8 Å². The molecule has 1 heteroatoms. The Kier molecular flexibility index (Phi) is 4.84. The van der Waals surface area contributed by atoms with Gasteiger partial charge in [-0.25, -0.2) is 0 Å². The van der Waals surface area contributed by atoms with Crippen LogP contribution in [0, 0.1) is 34.0 Å². The molecule has 0 N–H and O–H groups in total. The zero-order valence-electron chi connectivity index (χ0n) is 11.5. The first-order valence-corrected chi connectivity index (χ1v) is 6.06. The fourth-order valence-corrected chi connectivity index (χ4v) is 2.35. The second kappa shape index (κ2) is 5.01. The lowest BCUT2D eigenvalue weighted by Gasteiger charge is -2.41. The van der Waals surface area contributed by atoms with Crippen LogP contribution in [-0.2, 0) is 0 Å². The van der Waals surface area contributed by atoms with Gasteiger partial charge >= 0.3 is 0 Å². The first-order valence-electron chi connectivity index (χ1n) is 6.06. The molecule has 0 unspecified atom stereocenters. The van der Waals surface area contributed by atoms with Gasteiger partial charge in [0.2, 0.25) is 0 Å². The topological polar surface area (TPSA) is 23.8 Å². The predicted octanol–water partition coefficient (Wildman–Crippen LogP) is 4.63. The van der Waals surface area contributed by atoms with Crippen molar-refractivity contribution in [2.45, 2.75) is 61.3 Å². The SMILES string of the molecule is CC(C)CC(C#N)(CC(C)C)C(C)(C)C. The van der Waals surface area contributed by atoms with Gasteiger partial charge in [0.1, 0.15) is 0 Å². The fraction of sp³-hybridized carbons (Fsp3) is 0.929. The van der Waals surface area contributed by atoms with E-state index in [2.05, 4.69) is 54.5 Å². The summed E-state index contributed by atoms with van der Waals surface area (Å²) in [4.78, 5) is 0. The van der Waals surface area contributed by atoms with Crippen LogP contribution in [-0.4, -0.2) is 0 Å². The molecule has 0 heterocycles. The molecule has 1 nitrogen and oxygen atoms in total. The lowest BCUT2D eigenvalue weighted by Crippen LogP contribution is -2.37. The van der Waals surface area contributed by atoms with Gasteiger partial charge in [-0.1, -0.05) is 48.5 Å². The Hall–Kier alpha value is -0.510. The molecule has 0 aliphatic rings. The van der Waals surface area contributed by atoms with Crippen molar-refractivity contribution in [3.05, 3.63) is 0 Å². The lowest BCUT2D eigenvalue weighted by molar-refractivity contribution is 0.0956. The molecular weight excluding hydrogens is 182 g/mol. The Bertz CT molecular complexity index is 215. The molecule has 0 aromatic carbocycles. The van der Waals surface area contributed by atoms with Crippen molar-refractivity contribution in [2.24, 2.45) is 22.7 Å². The second-order valence-electron chi connectivity index (χ2n) is 6.64. The molecule has 15 heavy (non-hydrogen) atoms. The Morgan fingerprint density at radius 1 is 0.933 bits per heavy atom. The Labute approximate surface area is 95.9 Å². The van der Waals surface area contributed by atoms with E-state index in [9.17, 15) is 5.26 Å². The average Bonchev–Trinajstić information content (AvgIpc) is 1.98. The summed E-state index contributed by atoms with van der Waals surface area (Å²) in [5.41, 5.74) is -0.106. The van der Waals surface area contributed by atoms with Crippen LogP contribution in [0.4, 0.5) is 0 Å². The molecule has 0 aromatic rings. The number of hydrogen-bond donors (Lipinski definition) is 0. The van der Waals surface area contributed by atoms with Gasteiger partial charge in [0.15, 0.2) is 0 Å². The quantitative estimate of drug-likeness (QED) is 0.662. The monoisotopic (exact) mass is 209 g/mol. The molecule has 0 atom stereocenters. The lowest BCUT2D eigenvalue weighted by atomic mass is 9.60. The highest BCUT2D eigenvalue weighted by atomic mass is 14.5. The average molecular weight is 209 g/mol. The van der Waals surface area contributed by atoms with Crippen molar-refractivity contribution in [3.63, 3.8) is 0 Å². The molecule has 0 aliphatic heterocycles. The van der Waals surface area contributed by atoms with Crippen LogP contribution in [0.2, 0.25) is 0 Å². The highest BCUT2D eigenvalue weighted by Crippen LogP contribution is 2.47. The van der Waals surface area contributed by atoms with Crippen LogP contribution < -0.4 is 0 Å². The number of rotatable bonds is 4. The molecule has 0 amide bonds. The minimum atomic E-state index is -0.171. The molecular formula is C14H27N. The van der Waals surface area contributed by atoms with Gasteiger partial charge in [-0.2, -0.15) is 5.26 Å². The van der Waals surface area contributed by atoms with Gasteiger partial charge in [-0.15, -0.1) is 0 Å². The first kappa shape index (κ1) is 14.5. The molecule has 0 aliphatic carbocycles. The highest BCUT2D eigenvalue weighted by molar-refractivity contribution is 5.06. The number of nitriles is 1. The van der Waals surface area contributed by atoms with Crippen LogP contribution in [0.25, 0.3) is 0 Å². The van der Waals surface area contributed by atoms with Gasteiger partial charge in [-0.05, 0) is 30.1 Å². The van der Waals surface area contributed by atoms with E-state index in [1.54, 1.807) is 0 Å². The van der Waals surface area contributed by atoms with Crippen LogP contribution in [0.3, 0.4) is 0 Å². The minimum Gasteiger partial charge on any atom is -0.198 e. The summed E-state index contributed by atoms with van der Waals surface area (Å²) >= 11 is 0. The Morgan fingerprint density at radius 2 is 1.27 bits per heavy atom. The third-order valence-electron chi connectivity index (χ3n) is 3.16. The summed E-state index contributed by atoms with van der Waals surface area (Å²) in [7, 11) is 0. The summed E-state index contributed by atoms with van der Waals surface area (Å²) in [5.74, 6) is 1.17. The molecule has 0 radical (unpaired) electrons. The van der Waals surface area contributed by atoms with Gasteiger partial charge in [0.25, 0.3) is 0 Å². The first-order chi connectivity index (χ1) is 6.64. The third kappa shape index (κ3) is 3.86. The normalized spacial score (nSPS) is 13.3. The van der Waals surface area contributed by atoms with Crippen LogP contribution in [0.5, 0.6) is 0 Å². The van der Waals surface area contributed by atoms with E-state index in [-0.39, 0.29) is 10.8 Å². The highest BCUT2D eigenvalue weighted by Gasteiger charge is 2.42. The predicted molar refractivity (Wildman–Crippen MR) is 66.4 cm³/mol. The van der Waals surface area contributed by atoms with Gasteiger partial charge in [0, 0.05) is 0 Å². The van der Waals surface area contributed by atoms with Crippen molar-refractivity contribution < 1.29 is 0 Å². The third-order valence-corrected chi connectivity index (χ3v) is 3.16. The van der Waals surface area contributed by atoms with Crippen LogP contribution >= 0.6 is 0 Å². The summed E-state index contributed by atoms with van der Waals surface area (Å²) in [6.07, 6.45) is 2.01. The van der Waals surface area contributed by atoms with E-state index in [1.165, 1.54) is 0 Å². The van der Waals surface area contributed by atoms with Gasteiger partial charge < -0.3 is 0 Å². The molecule has 0 fully saturated rings. The smallest absolute Gasteiger partial charge is 0.0695 e. The number of nitrogens with zero attached hydrogens (tertiary/aromatic N) is 1. The van der Waals surface area contributed by atoms with Crippen LogP contribution in [0.15, 0.2) is 0 Å². The summed E-state index contributed by atoms with van der Waals surface area (Å²) in [5, 5.41) is 9.56. The maximum Gasteiger partial charge on any atom is 0.0695 e. The van der Waals surface area contributed by atoms with E-state index in [4.69, 9.17) is 0 Å². The van der Waals surface area contributed by atoms with E-state index in [1.807, 2.05) is 0 Å². The van der Waals surface area contributed by atoms with Crippen molar-refractivity contribution in [1.82, 2.24) is 0 Å². The van der Waals surface area contributed by atoms with Crippen molar-refractivity contribution in [2.75, 3.05) is 0 Å². The summed E-state index contributed by atoms with van der Waals surface area (Å²) in [6, 6.07) is 2.62. The molecule has 0 aromatic heterocycles.